The maximum Gasteiger partial charge on any atom is 0.213 e. The summed E-state index contributed by atoms with van der Waals surface area (Å²) in [5.74, 6) is 2.18. The Morgan fingerprint density at radius 3 is 2.39 bits per heavy atom. The first-order chi connectivity index (χ1) is 13.2. The molecular formula is C20H36N4O3S. The zero-order valence-corrected chi connectivity index (χ0v) is 18.8. The lowest BCUT2D eigenvalue weighted by molar-refractivity contribution is 0.271. The van der Waals surface area contributed by atoms with E-state index in [0.29, 0.717) is 38.0 Å². The molecule has 7 nitrogen and oxygen atoms in total. The summed E-state index contributed by atoms with van der Waals surface area (Å²) in [5, 5.41) is 6.58. The Morgan fingerprint density at radius 1 is 1.21 bits per heavy atom. The van der Waals surface area contributed by atoms with E-state index >= 15 is 0 Å². The first kappa shape index (κ1) is 24.2. The number of nitrogens with zero attached hydrogens (tertiary/aromatic N) is 2. The van der Waals surface area contributed by atoms with Gasteiger partial charge in [0.25, 0.3) is 0 Å². The summed E-state index contributed by atoms with van der Waals surface area (Å²) in [4.78, 5) is 4.24. The minimum atomic E-state index is -3.12. The average Bonchev–Trinajstić information content (AvgIpc) is 2.68. The second-order valence-corrected chi connectivity index (χ2v) is 9.58. The van der Waals surface area contributed by atoms with Crippen LogP contribution in [-0.2, 0) is 10.0 Å². The summed E-state index contributed by atoms with van der Waals surface area (Å²) in [7, 11) is 0.212. The Bertz CT molecular complexity index is 703. The van der Waals surface area contributed by atoms with Crippen LogP contribution < -0.4 is 15.4 Å². The van der Waals surface area contributed by atoms with Gasteiger partial charge in [-0.1, -0.05) is 26.0 Å². The molecule has 0 aliphatic carbocycles. The van der Waals surface area contributed by atoms with Crippen molar-refractivity contribution in [1.29, 1.82) is 0 Å². The molecule has 0 spiro atoms. The summed E-state index contributed by atoms with van der Waals surface area (Å²) in [6.07, 6.45) is 0.701. The van der Waals surface area contributed by atoms with Gasteiger partial charge in [-0.2, -0.15) is 0 Å². The molecule has 0 saturated carbocycles. The minimum absolute atomic E-state index is 0.0773. The van der Waals surface area contributed by atoms with E-state index in [0.717, 1.165) is 11.3 Å². The Kier molecular flexibility index (Phi) is 10.3. The normalized spacial score (nSPS) is 13.6. The van der Waals surface area contributed by atoms with Crippen molar-refractivity contribution in [3.8, 4) is 5.75 Å². The first-order valence-corrected chi connectivity index (χ1v) is 11.4. The van der Waals surface area contributed by atoms with Crippen LogP contribution in [0.4, 0.5) is 0 Å². The van der Waals surface area contributed by atoms with Crippen LogP contribution in [0.1, 0.15) is 45.7 Å². The highest BCUT2D eigenvalue weighted by Crippen LogP contribution is 2.18. The second kappa shape index (κ2) is 11.9. The lowest BCUT2D eigenvalue weighted by Crippen LogP contribution is -2.40. The number of hydrogen-bond donors (Lipinski definition) is 2. The van der Waals surface area contributed by atoms with Crippen LogP contribution in [0.15, 0.2) is 29.3 Å². The minimum Gasteiger partial charge on any atom is -0.493 e. The molecule has 0 saturated heterocycles. The molecule has 1 unspecified atom stereocenters. The fourth-order valence-corrected chi connectivity index (χ4v) is 3.31. The van der Waals surface area contributed by atoms with Crippen LogP contribution in [0.3, 0.4) is 0 Å². The Hall–Kier alpha value is -1.80. The smallest absolute Gasteiger partial charge is 0.213 e. The summed E-state index contributed by atoms with van der Waals surface area (Å²) in [6.45, 7) is 9.79. The van der Waals surface area contributed by atoms with E-state index in [1.54, 1.807) is 21.0 Å². The van der Waals surface area contributed by atoms with Crippen molar-refractivity contribution in [2.24, 2.45) is 10.9 Å². The summed E-state index contributed by atoms with van der Waals surface area (Å²) in [5.41, 5.74) is 1.13. The summed E-state index contributed by atoms with van der Waals surface area (Å²) >= 11 is 0. The van der Waals surface area contributed by atoms with Crippen LogP contribution in [0.25, 0.3) is 0 Å². The van der Waals surface area contributed by atoms with E-state index in [1.165, 1.54) is 4.31 Å². The zero-order valence-electron chi connectivity index (χ0n) is 18.0. The van der Waals surface area contributed by atoms with Crippen molar-refractivity contribution in [1.82, 2.24) is 14.9 Å². The van der Waals surface area contributed by atoms with Gasteiger partial charge in [-0.3, -0.25) is 4.99 Å². The molecule has 0 aromatic heterocycles. The molecule has 28 heavy (non-hydrogen) atoms. The van der Waals surface area contributed by atoms with Gasteiger partial charge in [0, 0.05) is 27.2 Å². The van der Waals surface area contributed by atoms with Gasteiger partial charge >= 0.3 is 0 Å². The Morgan fingerprint density at radius 2 is 1.86 bits per heavy atom. The lowest BCUT2D eigenvalue weighted by Gasteiger charge is -2.20. The predicted molar refractivity (Wildman–Crippen MR) is 116 cm³/mol. The van der Waals surface area contributed by atoms with Crippen LogP contribution >= 0.6 is 0 Å². The van der Waals surface area contributed by atoms with Crippen molar-refractivity contribution in [2.75, 3.05) is 39.5 Å². The zero-order chi connectivity index (χ0) is 21.2. The van der Waals surface area contributed by atoms with Crippen molar-refractivity contribution in [3.63, 3.8) is 0 Å². The highest BCUT2D eigenvalue weighted by atomic mass is 32.2. The van der Waals surface area contributed by atoms with Gasteiger partial charge in [0.15, 0.2) is 5.96 Å². The third kappa shape index (κ3) is 8.48. The summed E-state index contributed by atoms with van der Waals surface area (Å²) in [6, 6.07) is 8.14. The van der Waals surface area contributed by atoms with E-state index in [2.05, 4.69) is 36.4 Å². The number of hydrogen-bond acceptors (Lipinski definition) is 4. The van der Waals surface area contributed by atoms with Crippen molar-refractivity contribution < 1.29 is 13.2 Å². The third-order valence-corrected chi connectivity index (χ3v) is 6.18. The van der Waals surface area contributed by atoms with Gasteiger partial charge in [0.2, 0.25) is 10.0 Å². The van der Waals surface area contributed by atoms with E-state index < -0.39 is 10.0 Å². The molecule has 1 aromatic rings. The van der Waals surface area contributed by atoms with Gasteiger partial charge in [0.1, 0.15) is 5.75 Å². The van der Waals surface area contributed by atoms with E-state index in [1.807, 2.05) is 24.3 Å². The standard InChI is InChI=1S/C20H36N4O3S/c1-7-28(25,26)24(6)14-8-13-22-20(21-5)23-17(4)18-9-11-19(12-10-18)27-15-16(2)3/h9-12,16-17H,7-8,13-15H2,1-6H3,(H2,21,22,23). The first-order valence-electron chi connectivity index (χ1n) is 9.83. The molecule has 0 aliphatic heterocycles. The predicted octanol–water partition coefficient (Wildman–Crippen LogP) is 2.62. The highest BCUT2D eigenvalue weighted by Gasteiger charge is 2.14. The van der Waals surface area contributed by atoms with Crippen LogP contribution in [0, 0.1) is 5.92 Å². The molecule has 0 bridgehead atoms. The molecule has 2 N–H and O–H groups in total. The number of nitrogens with one attached hydrogen (secondary N) is 2. The number of ether oxygens (including phenoxy) is 1. The van der Waals surface area contributed by atoms with Gasteiger partial charge in [0.05, 0.1) is 18.4 Å². The van der Waals surface area contributed by atoms with E-state index in [9.17, 15) is 8.42 Å². The highest BCUT2D eigenvalue weighted by molar-refractivity contribution is 7.89. The number of aliphatic imine (C=N–C) groups is 1. The van der Waals surface area contributed by atoms with Crippen molar-refractivity contribution in [2.45, 2.75) is 40.2 Å². The molecule has 0 amide bonds. The van der Waals surface area contributed by atoms with Crippen LogP contribution in [-0.4, -0.2) is 58.2 Å². The molecule has 0 fully saturated rings. The van der Waals surface area contributed by atoms with E-state index in [-0.39, 0.29) is 11.8 Å². The van der Waals surface area contributed by atoms with Crippen LogP contribution in [0.5, 0.6) is 5.75 Å². The number of rotatable bonds is 11. The Labute approximate surface area is 170 Å². The molecular weight excluding hydrogens is 376 g/mol. The maximum atomic E-state index is 11.7. The van der Waals surface area contributed by atoms with Gasteiger partial charge in [-0.05, 0) is 43.9 Å². The molecule has 0 aliphatic rings. The molecule has 0 radical (unpaired) electrons. The quantitative estimate of drug-likeness (QED) is 0.332. The SMILES string of the molecule is CCS(=O)(=O)N(C)CCCNC(=NC)NC(C)c1ccc(OCC(C)C)cc1. The number of sulfonamides is 1. The van der Waals surface area contributed by atoms with Crippen molar-refractivity contribution in [3.05, 3.63) is 29.8 Å². The Balaban J connectivity index is 2.45. The van der Waals surface area contributed by atoms with E-state index in [4.69, 9.17) is 4.74 Å². The second-order valence-electron chi connectivity index (χ2n) is 7.21. The van der Waals surface area contributed by atoms with Gasteiger partial charge < -0.3 is 15.4 Å². The van der Waals surface area contributed by atoms with Crippen LogP contribution in [0.2, 0.25) is 0 Å². The molecule has 1 aromatic carbocycles. The molecule has 8 heteroatoms. The average molecular weight is 413 g/mol. The molecule has 160 valence electrons. The summed E-state index contributed by atoms with van der Waals surface area (Å²) < 4.78 is 30.6. The fourth-order valence-electron chi connectivity index (χ4n) is 2.47. The fraction of sp³-hybridized carbons (Fsp3) is 0.650. The number of guanidine groups is 1. The van der Waals surface area contributed by atoms with Crippen molar-refractivity contribution >= 4 is 16.0 Å². The van der Waals surface area contributed by atoms with Gasteiger partial charge in [-0.15, -0.1) is 0 Å². The topological polar surface area (TPSA) is 83.0 Å². The molecule has 0 heterocycles. The largest absolute Gasteiger partial charge is 0.493 e. The monoisotopic (exact) mass is 412 g/mol. The molecule has 1 rings (SSSR count). The maximum absolute atomic E-state index is 11.7. The molecule has 1 atom stereocenters. The third-order valence-electron chi connectivity index (χ3n) is 4.32. The van der Waals surface area contributed by atoms with Gasteiger partial charge in [-0.25, -0.2) is 12.7 Å². The number of benzene rings is 1. The lowest BCUT2D eigenvalue weighted by atomic mass is 10.1.